The summed E-state index contributed by atoms with van der Waals surface area (Å²) in [6.07, 6.45) is 0. The van der Waals surface area contributed by atoms with Crippen molar-refractivity contribution in [2.24, 2.45) is 0 Å². The van der Waals surface area contributed by atoms with Gasteiger partial charge < -0.3 is 4.74 Å². The van der Waals surface area contributed by atoms with E-state index in [2.05, 4.69) is 0 Å². The third-order valence-corrected chi connectivity index (χ3v) is 2.49. The van der Waals surface area contributed by atoms with Gasteiger partial charge in [-0.1, -0.05) is 0 Å². The van der Waals surface area contributed by atoms with Crippen molar-refractivity contribution in [2.45, 2.75) is 13.8 Å². The summed E-state index contributed by atoms with van der Waals surface area (Å²) in [6, 6.07) is 2.95. The molecule has 14 heavy (non-hydrogen) atoms. The van der Waals surface area contributed by atoms with Crippen molar-refractivity contribution in [3.8, 4) is 5.75 Å². The third-order valence-electron chi connectivity index (χ3n) is 1.70. The Bertz CT molecular complexity index is 363. The highest BCUT2D eigenvalue weighted by atomic mass is 127. The Labute approximate surface area is 95.6 Å². The summed E-state index contributed by atoms with van der Waals surface area (Å²) in [5.41, 5.74) is 0.472. The minimum Gasteiger partial charge on any atom is -0.491 e. The molecule has 0 saturated carbocycles. The van der Waals surface area contributed by atoms with Crippen LogP contribution >= 0.6 is 22.6 Å². The second-order valence-electron chi connectivity index (χ2n) is 2.76. The van der Waals surface area contributed by atoms with E-state index in [9.17, 15) is 9.18 Å². The van der Waals surface area contributed by atoms with Crippen LogP contribution in [0.3, 0.4) is 0 Å². The van der Waals surface area contributed by atoms with Crippen LogP contribution in [0.5, 0.6) is 5.75 Å². The van der Waals surface area contributed by atoms with Gasteiger partial charge in [-0.05, 0) is 48.6 Å². The SMILES string of the molecule is CCOc1cc(C(C)=O)cc(I)c1F. The molecular weight excluding hydrogens is 298 g/mol. The average Bonchev–Trinajstić information content (AvgIpc) is 2.12. The lowest BCUT2D eigenvalue weighted by Crippen LogP contribution is -2.00. The van der Waals surface area contributed by atoms with Crippen LogP contribution in [0.4, 0.5) is 4.39 Å². The average molecular weight is 308 g/mol. The van der Waals surface area contributed by atoms with E-state index in [0.717, 1.165) is 0 Å². The number of carbonyl (C=O) groups excluding carboxylic acids is 1. The summed E-state index contributed by atoms with van der Waals surface area (Å²) in [7, 11) is 0. The smallest absolute Gasteiger partial charge is 0.178 e. The Hall–Kier alpha value is -0.650. The topological polar surface area (TPSA) is 26.3 Å². The fourth-order valence-electron chi connectivity index (χ4n) is 1.03. The van der Waals surface area contributed by atoms with Crippen molar-refractivity contribution in [1.82, 2.24) is 0 Å². The van der Waals surface area contributed by atoms with Crippen molar-refractivity contribution in [3.05, 3.63) is 27.1 Å². The van der Waals surface area contributed by atoms with Gasteiger partial charge in [0.25, 0.3) is 0 Å². The number of benzene rings is 1. The zero-order valence-electron chi connectivity index (χ0n) is 7.93. The van der Waals surface area contributed by atoms with Crippen molar-refractivity contribution in [3.63, 3.8) is 0 Å². The number of ether oxygens (including phenoxy) is 1. The zero-order valence-corrected chi connectivity index (χ0v) is 10.1. The summed E-state index contributed by atoms with van der Waals surface area (Å²) in [5.74, 6) is -0.356. The molecule has 2 nitrogen and oxygen atoms in total. The Morgan fingerprint density at radius 1 is 1.57 bits per heavy atom. The molecule has 0 amide bonds. The van der Waals surface area contributed by atoms with Gasteiger partial charge in [-0.3, -0.25) is 4.79 Å². The van der Waals surface area contributed by atoms with E-state index in [1.165, 1.54) is 19.1 Å². The third kappa shape index (κ3) is 2.43. The minimum atomic E-state index is -0.405. The largest absolute Gasteiger partial charge is 0.491 e. The van der Waals surface area contributed by atoms with Crippen LogP contribution in [-0.4, -0.2) is 12.4 Å². The quantitative estimate of drug-likeness (QED) is 0.634. The number of hydrogen-bond donors (Lipinski definition) is 0. The van der Waals surface area contributed by atoms with Crippen molar-refractivity contribution in [2.75, 3.05) is 6.61 Å². The van der Waals surface area contributed by atoms with E-state index in [0.29, 0.717) is 15.7 Å². The van der Waals surface area contributed by atoms with Gasteiger partial charge >= 0.3 is 0 Å². The molecule has 0 bridgehead atoms. The van der Waals surface area contributed by atoms with Crippen molar-refractivity contribution in [1.29, 1.82) is 0 Å². The molecule has 0 N–H and O–H groups in total. The van der Waals surface area contributed by atoms with Crippen LogP contribution in [0, 0.1) is 9.39 Å². The molecule has 0 atom stereocenters. The Morgan fingerprint density at radius 2 is 2.21 bits per heavy atom. The molecule has 1 aromatic rings. The normalized spacial score (nSPS) is 10.0. The summed E-state index contributed by atoms with van der Waals surface area (Å²) in [6.45, 7) is 3.60. The molecule has 0 aliphatic heterocycles. The molecule has 76 valence electrons. The van der Waals surface area contributed by atoms with Crippen LogP contribution in [0.2, 0.25) is 0 Å². The second kappa shape index (κ2) is 4.72. The van der Waals surface area contributed by atoms with Crippen LogP contribution in [0.25, 0.3) is 0 Å². The monoisotopic (exact) mass is 308 g/mol. The molecule has 0 aromatic heterocycles. The van der Waals surface area contributed by atoms with Gasteiger partial charge in [0, 0.05) is 5.56 Å². The number of halogens is 2. The van der Waals surface area contributed by atoms with Gasteiger partial charge in [0.2, 0.25) is 0 Å². The maximum Gasteiger partial charge on any atom is 0.178 e. The van der Waals surface area contributed by atoms with E-state index in [1.807, 2.05) is 22.6 Å². The highest BCUT2D eigenvalue weighted by Crippen LogP contribution is 2.24. The van der Waals surface area contributed by atoms with Gasteiger partial charge in [0.1, 0.15) is 0 Å². The molecule has 0 saturated heterocycles. The second-order valence-corrected chi connectivity index (χ2v) is 3.92. The molecule has 0 heterocycles. The van der Waals surface area contributed by atoms with Gasteiger partial charge in [-0.25, -0.2) is 4.39 Å². The number of Topliss-reactive ketones (excluding diaryl/α,β-unsaturated/α-hetero) is 1. The summed E-state index contributed by atoms with van der Waals surface area (Å²) < 4.78 is 18.9. The predicted molar refractivity (Wildman–Crippen MR) is 60.3 cm³/mol. The van der Waals surface area contributed by atoms with E-state index in [4.69, 9.17) is 4.74 Å². The summed E-state index contributed by atoms with van der Waals surface area (Å²) in [4.78, 5) is 11.1. The van der Waals surface area contributed by atoms with Crippen molar-refractivity contribution >= 4 is 28.4 Å². The van der Waals surface area contributed by atoms with Crippen LogP contribution in [-0.2, 0) is 0 Å². The molecule has 0 aliphatic rings. The van der Waals surface area contributed by atoms with E-state index >= 15 is 0 Å². The molecule has 4 heteroatoms. The molecule has 0 unspecified atom stereocenters. The molecule has 1 rings (SSSR count). The lowest BCUT2D eigenvalue weighted by Gasteiger charge is -2.07. The molecule has 0 aliphatic carbocycles. The standard InChI is InChI=1S/C10H10FIO2/c1-3-14-9-5-7(6(2)13)4-8(12)10(9)11/h4-5H,3H2,1-2H3. The Kier molecular flexibility index (Phi) is 3.86. The first kappa shape index (κ1) is 11.4. The number of carbonyl (C=O) groups is 1. The van der Waals surface area contributed by atoms with Crippen molar-refractivity contribution < 1.29 is 13.9 Å². The molecule has 0 radical (unpaired) electrons. The number of hydrogen-bond acceptors (Lipinski definition) is 2. The fourth-order valence-corrected chi connectivity index (χ4v) is 1.63. The molecule has 1 aromatic carbocycles. The minimum absolute atomic E-state index is 0.0936. The van der Waals surface area contributed by atoms with E-state index < -0.39 is 5.82 Å². The van der Waals surface area contributed by atoms with Crippen LogP contribution < -0.4 is 4.74 Å². The first-order valence-corrected chi connectivity index (χ1v) is 5.27. The highest BCUT2D eigenvalue weighted by molar-refractivity contribution is 14.1. The highest BCUT2D eigenvalue weighted by Gasteiger charge is 2.11. The predicted octanol–water partition coefficient (Wildman–Crippen LogP) is 3.03. The Balaban J connectivity index is 3.20. The maximum absolute atomic E-state index is 13.4. The molecule has 0 fully saturated rings. The van der Waals surface area contributed by atoms with Gasteiger partial charge in [0.05, 0.1) is 10.2 Å². The number of ketones is 1. The lowest BCUT2D eigenvalue weighted by atomic mass is 10.1. The first-order chi connectivity index (χ1) is 6.56. The van der Waals surface area contributed by atoms with Gasteiger partial charge in [0.15, 0.2) is 17.3 Å². The van der Waals surface area contributed by atoms with Crippen LogP contribution in [0.15, 0.2) is 12.1 Å². The lowest BCUT2D eigenvalue weighted by molar-refractivity contribution is 0.101. The maximum atomic E-state index is 13.4. The van der Waals surface area contributed by atoms with Gasteiger partial charge in [-0.2, -0.15) is 0 Å². The van der Waals surface area contributed by atoms with Crippen LogP contribution in [0.1, 0.15) is 24.2 Å². The Morgan fingerprint density at radius 3 is 2.71 bits per heavy atom. The summed E-state index contributed by atoms with van der Waals surface area (Å²) in [5, 5.41) is 0. The van der Waals surface area contributed by atoms with Gasteiger partial charge in [-0.15, -0.1) is 0 Å². The number of rotatable bonds is 3. The van der Waals surface area contributed by atoms with E-state index in [1.54, 1.807) is 6.92 Å². The zero-order chi connectivity index (χ0) is 10.7. The summed E-state index contributed by atoms with van der Waals surface area (Å²) >= 11 is 1.84. The molecule has 0 spiro atoms. The fraction of sp³-hybridized carbons (Fsp3) is 0.300. The van der Waals surface area contributed by atoms with E-state index in [-0.39, 0.29) is 11.5 Å². The molecular formula is C10H10FIO2. The first-order valence-electron chi connectivity index (χ1n) is 4.19.